The second-order valence-corrected chi connectivity index (χ2v) is 4.83. The molecule has 1 aromatic heterocycles. The molecular formula is C12H13N5O2S. The first-order valence-corrected chi connectivity index (χ1v) is 6.36. The maximum Gasteiger partial charge on any atom is 0.269 e. The number of nitrogens with zero attached hydrogens (tertiary/aromatic N) is 4. The van der Waals surface area contributed by atoms with Gasteiger partial charge in [0.2, 0.25) is 4.77 Å². The van der Waals surface area contributed by atoms with Crippen molar-refractivity contribution in [2.45, 2.75) is 19.8 Å². The van der Waals surface area contributed by atoms with Gasteiger partial charge in [0.15, 0.2) is 5.82 Å². The minimum atomic E-state index is -0.441. The minimum Gasteiger partial charge on any atom is -0.258 e. The van der Waals surface area contributed by atoms with Crippen molar-refractivity contribution in [3.05, 3.63) is 50.5 Å². The summed E-state index contributed by atoms with van der Waals surface area (Å²) in [6.45, 7) is 3.98. The van der Waals surface area contributed by atoms with Crippen LogP contribution in [0.4, 0.5) is 5.69 Å². The van der Waals surface area contributed by atoms with Crippen molar-refractivity contribution in [1.82, 2.24) is 14.9 Å². The molecule has 104 valence electrons. The summed E-state index contributed by atoms with van der Waals surface area (Å²) in [5.41, 5.74) is 0.790. The molecular weight excluding hydrogens is 278 g/mol. The highest BCUT2D eigenvalue weighted by atomic mass is 32.1. The SMILES string of the molecule is CC(C)c1n[nH]c(=S)n1/N=C/c1ccc([N+](=O)[O-])cc1. The topological polar surface area (TPSA) is 89.1 Å². The predicted molar refractivity (Wildman–Crippen MR) is 77.6 cm³/mol. The van der Waals surface area contributed by atoms with Gasteiger partial charge in [0.05, 0.1) is 11.1 Å². The van der Waals surface area contributed by atoms with Crippen molar-refractivity contribution >= 4 is 24.1 Å². The molecule has 0 aliphatic carbocycles. The van der Waals surface area contributed by atoms with E-state index in [0.29, 0.717) is 4.77 Å². The molecule has 1 N–H and O–H groups in total. The zero-order chi connectivity index (χ0) is 14.7. The third kappa shape index (κ3) is 2.97. The van der Waals surface area contributed by atoms with Crippen LogP contribution >= 0.6 is 12.2 Å². The van der Waals surface area contributed by atoms with Gasteiger partial charge in [0.1, 0.15) is 0 Å². The third-order valence-corrected chi connectivity index (χ3v) is 2.88. The first-order chi connectivity index (χ1) is 9.49. The van der Waals surface area contributed by atoms with Crippen LogP contribution in [0.5, 0.6) is 0 Å². The van der Waals surface area contributed by atoms with Gasteiger partial charge in [-0.3, -0.25) is 15.2 Å². The Balaban J connectivity index is 2.27. The molecule has 8 heteroatoms. The van der Waals surface area contributed by atoms with Crippen LogP contribution in [0.1, 0.15) is 31.2 Å². The van der Waals surface area contributed by atoms with E-state index in [2.05, 4.69) is 15.3 Å². The summed E-state index contributed by atoms with van der Waals surface area (Å²) in [6.07, 6.45) is 1.58. The van der Waals surface area contributed by atoms with Crippen molar-refractivity contribution in [2.24, 2.45) is 5.10 Å². The molecule has 0 aliphatic rings. The van der Waals surface area contributed by atoms with Gasteiger partial charge in [0, 0.05) is 18.1 Å². The highest BCUT2D eigenvalue weighted by Gasteiger charge is 2.08. The molecule has 0 unspecified atom stereocenters. The quantitative estimate of drug-likeness (QED) is 0.406. The molecule has 0 amide bonds. The Bertz CT molecular complexity index is 699. The normalized spacial score (nSPS) is 11.3. The van der Waals surface area contributed by atoms with Gasteiger partial charge in [-0.2, -0.15) is 14.9 Å². The largest absolute Gasteiger partial charge is 0.269 e. The Labute approximate surface area is 120 Å². The Hall–Kier alpha value is -2.35. The lowest BCUT2D eigenvalue weighted by molar-refractivity contribution is -0.384. The molecule has 0 atom stereocenters. The van der Waals surface area contributed by atoms with Gasteiger partial charge < -0.3 is 0 Å². The first kappa shape index (κ1) is 14.1. The van der Waals surface area contributed by atoms with Crippen molar-refractivity contribution in [1.29, 1.82) is 0 Å². The standard InChI is InChI=1S/C12H13N5O2S/c1-8(2)11-14-15-12(20)16(11)13-7-9-3-5-10(6-4-9)17(18)19/h3-8H,1-2H3,(H,15,20)/b13-7+. The lowest BCUT2D eigenvalue weighted by Gasteiger charge is -2.02. The Morgan fingerprint density at radius 3 is 2.65 bits per heavy atom. The van der Waals surface area contributed by atoms with E-state index in [9.17, 15) is 10.1 Å². The first-order valence-electron chi connectivity index (χ1n) is 5.95. The lowest BCUT2D eigenvalue weighted by Crippen LogP contribution is -2.00. The number of hydrogen-bond donors (Lipinski definition) is 1. The van der Waals surface area contributed by atoms with Gasteiger partial charge in [-0.05, 0) is 29.9 Å². The molecule has 1 heterocycles. The van der Waals surface area contributed by atoms with Gasteiger partial charge in [0.25, 0.3) is 5.69 Å². The van der Waals surface area contributed by atoms with Crippen molar-refractivity contribution in [2.75, 3.05) is 0 Å². The van der Waals surface area contributed by atoms with Crippen LogP contribution in [0.15, 0.2) is 29.4 Å². The summed E-state index contributed by atoms with van der Waals surface area (Å²) in [5.74, 6) is 0.908. The molecule has 0 saturated carbocycles. The number of nitro benzene ring substituents is 1. The number of rotatable bonds is 4. The van der Waals surface area contributed by atoms with Gasteiger partial charge in [-0.25, -0.2) is 0 Å². The van der Waals surface area contributed by atoms with Crippen molar-refractivity contribution < 1.29 is 4.92 Å². The van der Waals surface area contributed by atoms with E-state index in [1.165, 1.54) is 12.1 Å². The summed E-state index contributed by atoms with van der Waals surface area (Å²) < 4.78 is 1.95. The number of H-pyrrole nitrogens is 1. The smallest absolute Gasteiger partial charge is 0.258 e. The van der Waals surface area contributed by atoms with Crippen LogP contribution in [0, 0.1) is 14.9 Å². The summed E-state index contributed by atoms with van der Waals surface area (Å²) in [4.78, 5) is 10.1. The summed E-state index contributed by atoms with van der Waals surface area (Å²) in [7, 11) is 0. The number of non-ortho nitro benzene ring substituents is 1. The fraction of sp³-hybridized carbons (Fsp3) is 0.250. The third-order valence-electron chi connectivity index (χ3n) is 2.62. The molecule has 20 heavy (non-hydrogen) atoms. The average molecular weight is 291 g/mol. The van der Waals surface area contributed by atoms with Gasteiger partial charge in [-0.15, -0.1) is 0 Å². The zero-order valence-corrected chi connectivity index (χ0v) is 11.8. The zero-order valence-electron chi connectivity index (χ0n) is 11.0. The van der Waals surface area contributed by atoms with Gasteiger partial charge >= 0.3 is 0 Å². The van der Waals surface area contributed by atoms with Crippen molar-refractivity contribution in [3.63, 3.8) is 0 Å². The summed E-state index contributed by atoms with van der Waals surface area (Å²) >= 11 is 5.10. The number of aromatic amines is 1. The fourth-order valence-corrected chi connectivity index (χ4v) is 1.78. The van der Waals surface area contributed by atoms with E-state index in [1.807, 2.05) is 13.8 Å². The van der Waals surface area contributed by atoms with Crippen LogP contribution in [-0.2, 0) is 0 Å². The van der Waals surface area contributed by atoms with Gasteiger partial charge in [-0.1, -0.05) is 13.8 Å². The molecule has 7 nitrogen and oxygen atoms in total. The number of benzene rings is 1. The molecule has 0 aliphatic heterocycles. The Morgan fingerprint density at radius 1 is 1.45 bits per heavy atom. The van der Waals surface area contributed by atoms with Crippen LogP contribution in [0.25, 0.3) is 0 Å². The van der Waals surface area contributed by atoms with Crippen LogP contribution in [-0.4, -0.2) is 26.0 Å². The summed E-state index contributed by atoms with van der Waals surface area (Å²) in [6, 6.07) is 6.11. The minimum absolute atomic E-state index is 0.0462. The molecule has 0 saturated heterocycles. The number of nitrogens with one attached hydrogen (secondary N) is 1. The van der Waals surface area contributed by atoms with E-state index >= 15 is 0 Å². The monoisotopic (exact) mass is 291 g/mol. The molecule has 1 aromatic carbocycles. The Morgan fingerprint density at radius 2 is 2.10 bits per heavy atom. The maximum absolute atomic E-state index is 10.6. The molecule has 2 rings (SSSR count). The molecule has 2 aromatic rings. The Kier molecular flexibility index (Phi) is 4.04. The second kappa shape index (κ2) is 5.74. The van der Waals surface area contributed by atoms with Crippen LogP contribution < -0.4 is 0 Å². The van der Waals surface area contributed by atoms with Crippen LogP contribution in [0.2, 0.25) is 0 Å². The maximum atomic E-state index is 10.6. The van der Waals surface area contributed by atoms with E-state index in [-0.39, 0.29) is 11.6 Å². The fourth-order valence-electron chi connectivity index (χ4n) is 1.60. The van der Waals surface area contributed by atoms with E-state index in [4.69, 9.17) is 12.2 Å². The molecule has 0 fully saturated rings. The predicted octanol–water partition coefficient (Wildman–Crippen LogP) is 2.85. The van der Waals surface area contributed by atoms with Crippen molar-refractivity contribution in [3.8, 4) is 0 Å². The lowest BCUT2D eigenvalue weighted by atomic mass is 10.2. The highest BCUT2D eigenvalue weighted by Crippen LogP contribution is 2.13. The molecule has 0 bridgehead atoms. The summed E-state index contributed by atoms with van der Waals surface area (Å²) in [5, 5.41) is 21.6. The number of hydrogen-bond acceptors (Lipinski definition) is 5. The molecule has 0 spiro atoms. The highest BCUT2D eigenvalue weighted by molar-refractivity contribution is 7.71. The van der Waals surface area contributed by atoms with E-state index in [0.717, 1.165) is 11.4 Å². The average Bonchev–Trinajstić information content (AvgIpc) is 2.78. The van der Waals surface area contributed by atoms with Crippen LogP contribution in [0.3, 0.4) is 0 Å². The molecule has 0 radical (unpaired) electrons. The van der Waals surface area contributed by atoms with E-state index in [1.54, 1.807) is 23.0 Å². The second-order valence-electron chi connectivity index (χ2n) is 4.45. The number of nitro groups is 1. The number of aromatic nitrogens is 3. The van der Waals surface area contributed by atoms with E-state index < -0.39 is 4.92 Å².